The molecule has 2 aliphatic rings. The maximum Gasteiger partial charge on any atom is 0.417 e. The van der Waals surface area contributed by atoms with E-state index >= 15 is 0 Å². The fraction of sp³-hybridized carbons (Fsp3) is 0.520. The number of fused-ring (bicyclic) bond motifs is 1. The van der Waals surface area contributed by atoms with E-state index in [1.165, 1.54) is 16.7 Å². The Morgan fingerprint density at radius 1 is 1.08 bits per heavy atom. The molecule has 3 aromatic rings. The molecule has 11 heteroatoms. The van der Waals surface area contributed by atoms with Crippen molar-refractivity contribution in [2.24, 2.45) is 5.92 Å². The standard InChI is InChI=1S/C25H29F3N6O2/c1-16-13-32(14-17(2)34(16)23(35)11-18-6-9-36-10-7-18)22-5-8-29-24(31-22)20-12-30-21-4-3-19(15-33(20)21)25(26,27)28/h3-5,8,12,15-18H,6-7,9-11,13-14H2,1-2H3/t16-,17+. The van der Waals surface area contributed by atoms with E-state index in [0.29, 0.717) is 42.6 Å². The Morgan fingerprint density at radius 2 is 1.81 bits per heavy atom. The maximum atomic E-state index is 13.3. The Hall–Kier alpha value is -3.21. The third kappa shape index (κ3) is 4.88. The molecule has 0 spiro atoms. The number of halogens is 3. The number of hydrogen-bond donors (Lipinski definition) is 0. The predicted molar refractivity (Wildman–Crippen MR) is 127 cm³/mol. The maximum absolute atomic E-state index is 13.3. The van der Waals surface area contributed by atoms with Gasteiger partial charge in [0.2, 0.25) is 5.91 Å². The van der Waals surface area contributed by atoms with Gasteiger partial charge in [-0.25, -0.2) is 15.0 Å². The molecule has 36 heavy (non-hydrogen) atoms. The van der Waals surface area contributed by atoms with Crippen molar-refractivity contribution in [1.82, 2.24) is 24.3 Å². The first kappa shape index (κ1) is 24.5. The molecule has 5 heterocycles. The van der Waals surface area contributed by atoms with Gasteiger partial charge >= 0.3 is 6.18 Å². The molecule has 0 aromatic carbocycles. The number of anilines is 1. The second kappa shape index (κ2) is 9.68. The number of aromatic nitrogens is 4. The van der Waals surface area contributed by atoms with Crippen LogP contribution in [0.1, 0.15) is 38.7 Å². The second-order valence-electron chi connectivity index (χ2n) is 9.69. The molecular weight excluding hydrogens is 473 g/mol. The summed E-state index contributed by atoms with van der Waals surface area (Å²) in [7, 11) is 0. The number of amides is 1. The van der Waals surface area contributed by atoms with Crippen molar-refractivity contribution in [3.05, 3.63) is 42.4 Å². The zero-order valence-electron chi connectivity index (χ0n) is 20.3. The highest BCUT2D eigenvalue weighted by Crippen LogP contribution is 2.31. The second-order valence-corrected chi connectivity index (χ2v) is 9.69. The van der Waals surface area contributed by atoms with Crippen LogP contribution in [0.5, 0.6) is 0 Å². The molecule has 2 aliphatic heterocycles. The quantitative estimate of drug-likeness (QED) is 0.536. The number of carbonyl (C=O) groups excluding carboxylic acids is 1. The Kier molecular flexibility index (Phi) is 6.59. The number of carbonyl (C=O) groups is 1. The highest BCUT2D eigenvalue weighted by molar-refractivity contribution is 5.77. The van der Waals surface area contributed by atoms with E-state index in [9.17, 15) is 18.0 Å². The summed E-state index contributed by atoms with van der Waals surface area (Å²) in [6, 6.07) is 4.10. The van der Waals surface area contributed by atoms with Crippen molar-refractivity contribution >= 4 is 17.4 Å². The lowest BCUT2D eigenvalue weighted by molar-refractivity contribution is -0.138. The molecule has 0 radical (unpaired) electrons. The number of nitrogens with zero attached hydrogens (tertiary/aromatic N) is 6. The van der Waals surface area contributed by atoms with Gasteiger partial charge in [-0.2, -0.15) is 13.2 Å². The lowest BCUT2D eigenvalue weighted by atomic mass is 9.94. The molecule has 3 aromatic heterocycles. The van der Waals surface area contributed by atoms with E-state index in [1.54, 1.807) is 12.3 Å². The number of alkyl halides is 3. The molecule has 0 bridgehead atoms. The summed E-state index contributed by atoms with van der Waals surface area (Å²) in [6.45, 7) is 6.72. The lowest BCUT2D eigenvalue weighted by Crippen LogP contribution is -2.59. The van der Waals surface area contributed by atoms with Gasteiger partial charge in [-0.15, -0.1) is 0 Å². The topological polar surface area (TPSA) is 75.9 Å². The van der Waals surface area contributed by atoms with E-state index in [0.717, 1.165) is 38.3 Å². The number of pyridine rings is 1. The normalized spacial score (nSPS) is 21.8. The van der Waals surface area contributed by atoms with Crippen LogP contribution in [0.4, 0.5) is 19.0 Å². The average molecular weight is 503 g/mol. The van der Waals surface area contributed by atoms with Gasteiger partial charge < -0.3 is 14.5 Å². The Morgan fingerprint density at radius 3 is 2.50 bits per heavy atom. The minimum absolute atomic E-state index is 0.00959. The van der Waals surface area contributed by atoms with Crippen LogP contribution in [-0.4, -0.2) is 68.5 Å². The first-order valence-corrected chi connectivity index (χ1v) is 12.2. The van der Waals surface area contributed by atoms with Crippen molar-refractivity contribution in [3.63, 3.8) is 0 Å². The minimum atomic E-state index is -4.47. The molecular formula is C25H29F3N6O2. The zero-order chi connectivity index (χ0) is 25.4. The van der Waals surface area contributed by atoms with Crippen LogP contribution < -0.4 is 4.90 Å². The van der Waals surface area contributed by atoms with Crippen LogP contribution in [0.3, 0.4) is 0 Å². The summed E-state index contributed by atoms with van der Waals surface area (Å²) in [6.07, 6.45) is 2.02. The molecule has 1 amide bonds. The SMILES string of the molecule is C[C@@H]1CN(c2ccnc(-c3cnc4ccc(C(F)(F)F)cn34)n2)C[C@H](C)N1C(=O)CC1CCOCC1. The summed E-state index contributed by atoms with van der Waals surface area (Å²) in [5.41, 5.74) is -0.00943. The minimum Gasteiger partial charge on any atom is -0.381 e. The fourth-order valence-electron chi connectivity index (χ4n) is 5.27. The van der Waals surface area contributed by atoms with Gasteiger partial charge in [0.05, 0.1) is 11.8 Å². The van der Waals surface area contributed by atoms with Crippen molar-refractivity contribution in [2.75, 3.05) is 31.2 Å². The lowest BCUT2D eigenvalue weighted by Gasteiger charge is -2.45. The smallest absolute Gasteiger partial charge is 0.381 e. The molecule has 2 saturated heterocycles. The number of imidazole rings is 1. The molecule has 0 unspecified atom stereocenters. The van der Waals surface area contributed by atoms with Crippen LogP contribution in [0, 0.1) is 5.92 Å². The molecule has 0 N–H and O–H groups in total. The third-order valence-corrected chi connectivity index (χ3v) is 7.04. The monoisotopic (exact) mass is 502 g/mol. The highest BCUT2D eigenvalue weighted by Gasteiger charge is 2.35. The van der Waals surface area contributed by atoms with E-state index < -0.39 is 11.7 Å². The summed E-state index contributed by atoms with van der Waals surface area (Å²) in [5.74, 6) is 1.50. The Balaban J connectivity index is 1.34. The molecule has 0 saturated carbocycles. The van der Waals surface area contributed by atoms with E-state index in [2.05, 4.69) is 19.9 Å². The Bertz CT molecular complexity index is 1230. The first-order chi connectivity index (χ1) is 17.2. The van der Waals surface area contributed by atoms with Crippen molar-refractivity contribution in [3.8, 4) is 11.5 Å². The molecule has 2 atom stereocenters. The molecule has 2 fully saturated rings. The predicted octanol–water partition coefficient (Wildman–Crippen LogP) is 4.05. The van der Waals surface area contributed by atoms with Gasteiger partial charge in [-0.05, 0) is 50.8 Å². The van der Waals surface area contributed by atoms with Gasteiger partial charge in [0.15, 0.2) is 5.82 Å². The zero-order valence-corrected chi connectivity index (χ0v) is 20.3. The van der Waals surface area contributed by atoms with Gasteiger partial charge in [-0.3, -0.25) is 9.20 Å². The number of ether oxygens (including phenoxy) is 1. The average Bonchev–Trinajstić information content (AvgIpc) is 3.27. The molecule has 0 aliphatic carbocycles. The first-order valence-electron chi connectivity index (χ1n) is 12.2. The summed E-state index contributed by atoms with van der Waals surface area (Å²) in [4.78, 5) is 30.4. The number of rotatable bonds is 4. The fourth-order valence-corrected chi connectivity index (χ4v) is 5.27. The van der Waals surface area contributed by atoms with Crippen LogP contribution in [-0.2, 0) is 15.7 Å². The largest absolute Gasteiger partial charge is 0.417 e. The van der Waals surface area contributed by atoms with Crippen molar-refractivity contribution < 1.29 is 22.7 Å². The Labute approximate surface area is 207 Å². The van der Waals surface area contributed by atoms with Crippen LogP contribution in [0.25, 0.3) is 17.2 Å². The van der Waals surface area contributed by atoms with Gasteiger partial charge in [-0.1, -0.05) is 0 Å². The van der Waals surface area contributed by atoms with Crippen LogP contribution >= 0.6 is 0 Å². The van der Waals surface area contributed by atoms with Gasteiger partial charge in [0, 0.05) is 57.2 Å². The van der Waals surface area contributed by atoms with Crippen LogP contribution in [0.15, 0.2) is 36.8 Å². The summed E-state index contributed by atoms with van der Waals surface area (Å²) < 4.78 is 46.5. The van der Waals surface area contributed by atoms with Gasteiger partial charge in [0.25, 0.3) is 0 Å². The van der Waals surface area contributed by atoms with Crippen molar-refractivity contribution in [2.45, 2.75) is 51.4 Å². The van der Waals surface area contributed by atoms with Crippen LogP contribution in [0.2, 0.25) is 0 Å². The van der Waals surface area contributed by atoms with Crippen molar-refractivity contribution in [1.29, 1.82) is 0 Å². The van der Waals surface area contributed by atoms with Gasteiger partial charge in [0.1, 0.15) is 17.2 Å². The number of hydrogen-bond acceptors (Lipinski definition) is 6. The van der Waals surface area contributed by atoms with E-state index in [1.807, 2.05) is 18.7 Å². The summed E-state index contributed by atoms with van der Waals surface area (Å²) in [5, 5.41) is 0. The summed E-state index contributed by atoms with van der Waals surface area (Å²) >= 11 is 0. The third-order valence-electron chi connectivity index (χ3n) is 7.04. The highest BCUT2D eigenvalue weighted by atomic mass is 19.4. The molecule has 8 nitrogen and oxygen atoms in total. The molecule has 192 valence electrons. The van der Waals surface area contributed by atoms with E-state index in [-0.39, 0.29) is 23.8 Å². The number of piperazine rings is 1. The van der Waals surface area contributed by atoms with E-state index in [4.69, 9.17) is 4.74 Å². The molecule has 5 rings (SSSR count).